The molecular weight excluding hydrogens is 385 g/mol. The van der Waals surface area contributed by atoms with E-state index < -0.39 is 24.5 Å². The topological polar surface area (TPSA) is 58.6 Å². The second-order valence-electron chi connectivity index (χ2n) is 6.99. The Labute approximate surface area is 166 Å². The number of piperidine rings is 1. The van der Waals surface area contributed by atoms with E-state index in [9.17, 15) is 22.8 Å². The fraction of sp³-hybridized carbons (Fsp3) is 0.429. The van der Waals surface area contributed by atoms with Crippen LogP contribution in [0.1, 0.15) is 30.1 Å². The summed E-state index contributed by atoms with van der Waals surface area (Å²) in [4.78, 5) is 26.8. The van der Waals surface area contributed by atoms with E-state index in [0.717, 1.165) is 10.8 Å². The largest absolute Gasteiger partial charge is 0.493 e. The molecule has 8 heteroatoms. The van der Waals surface area contributed by atoms with Gasteiger partial charge < -0.3 is 15.0 Å². The number of nitrogens with zero attached hydrogens (tertiary/aromatic N) is 1. The molecule has 0 aromatic heterocycles. The van der Waals surface area contributed by atoms with E-state index in [2.05, 4.69) is 0 Å². The third-order valence-corrected chi connectivity index (χ3v) is 5.02. The number of hydrogen-bond acceptors (Lipinski definition) is 3. The minimum atomic E-state index is -4.43. The van der Waals surface area contributed by atoms with Gasteiger partial charge in [-0.25, -0.2) is 0 Å². The van der Waals surface area contributed by atoms with Crippen LogP contribution in [-0.4, -0.2) is 49.1 Å². The minimum Gasteiger partial charge on any atom is -0.493 e. The molecule has 1 fully saturated rings. The van der Waals surface area contributed by atoms with Crippen LogP contribution in [0.25, 0.3) is 10.8 Å². The first kappa shape index (κ1) is 21.0. The summed E-state index contributed by atoms with van der Waals surface area (Å²) >= 11 is 0. The van der Waals surface area contributed by atoms with Gasteiger partial charge in [-0.05, 0) is 36.6 Å². The highest BCUT2D eigenvalue weighted by Gasteiger charge is 2.32. The zero-order valence-corrected chi connectivity index (χ0v) is 16.1. The fourth-order valence-electron chi connectivity index (χ4n) is 3.58. The first-order chi connectivity index (χ1) is 13.8. The Kier molecular flexibility index (Phi) is 6.30. The molecule has 2 aromatic rings. The lowest BCUT2D eigenvalue weighted by atomic mass is 9.94. The van der Waals surface area contributed by atoms with Crippen molar-refractivity contribution in [2.24, 2.45) is 5.92 Å². The fourth-order valence-corrected chi connectivity index (χ4v) is 3.58. The van der Waals surface area contributed by atoms with Crippen LogP contribution in [0.3, 0.4) is 0 Å². The van der Waals surface area contributed by atoms with Gasteiger partial charge in [0.25, 0.3) is 5.91 Å². The molecule has 29 heavy (non-hydrogen) atoms. The molecule has 0 radical (unpaired) electrons. The molecular formula is C21H23F3N2O3. The van der Waals surface area contributed by atoms with Gasteiger partial charge in [0.1, 0.15) is 12.3 Å². The van der Waals surface area contributed by atoms with E-state index in [1.54, 1.807) is 11.0 Å². The molecule has 1 aliphatic rings. The van der Waals surface area contributed by atoms with Gasteiger partial charge in [0.05, 0.1) is 12.2 Å². The van der Waals surface area contributed by atoms with E-state index in [4.69, 9.17) is 4.74 Å². The van der Waals surface area contributed by atoms with Crippen molar-refractivity contribution in [1.29, 1.82) is 0 Å². The SMILES string of the molecule is CCOc1ccc2ccccc2c1C(=O)N1CCC(C(=O)NCC(F)(F)F)CC1. The lowest BCUT2D eigenvalue weighted by Gasteiger charge is -2.32. The Morgan fingerprint density at radius 3 is 2.48 bits per heavy atom. The molecule has 1 saturated heterocycles. The van der Waals surface area contributed by atoms with Gasteiger partial charge in [0.2, 0.25) is 5.91 Å². The first-order valence-electron chi connectivity index (χ1n) is 9.58. The number of nitrogens with one attached hydrogen (secondary N) is 1. The Morgan fingerprint density at radius 1 is 1.14 bits per heavy atom. The van der Waals surface area contributed by atoms with Crippen LogP contribution >= 0.6 is 0 Å². The lowest BCUT2D eigenvalue weighted by Crippen LogP contribution is -2.44. The molecule has 3 rings (SSSR count). The molecule has 1 aliphatic heterocycles. The second kappa shape index (κ2) is 8.71. The lowest BCUT2D eigenvalue weighted by molar-refractivity contribution is -0.141. The summed E-state index contributed by atoms with van der Waals surface area (Å²) < 4.78 is 42.5. The normalized spacial score (nSPS) is 15.4. The number of likely N-dealkylation sites (tertiary alicyclic amines) is 1. The summed E-state index contributed by atoms with van der Waals surface area (Å²) in [6.07, 6.45) is -3.79. The minimum absolute atomic E-state index is 0.195. The van der Waals surface area contributed by atoms with Crippen molar-refractivity contribution in [3.8, 4) is 5.75 Å². The van der Waals surface area contributed by atoms with E-state index in [0.29, 0.717) is 43.9 Å². The molecule has 0 aliphatic carbocycles. The Balaban J connectivity index is 1.73. The van der Waals surface area contributed by atoms with Crippen LogP contribution in [0.5, 0.6) is 5.75 Å². The standard InChI is InChI=1S/C21H23F3N2O3/c1-2-29-17-8-7-14-5-3-4-6-16(14)18(17)20(28)26-11-9-15(10-12-26)19(27)25-13-21(22,23)24/h3-8,15H,2,9-13H2,1H3,(H,25,27). The second-order valence-corrected chi connectivity index (χ2v) is 6.99. The first-order valence-corrected chi connectivity index (χ1v) is 9.58. The summed E-state index contributed by atoms with van der Waals surface area (Å²) in [5, 5.41) is 3.63. The van der Waals surface area contributed by atoms with Crippen molar-refractivity contribution in [3.05, 3.63) is 42.0 Å². The highest BCUT2D eigenvalue weighted by molar-refractivity contribution is 6.09. The van der Waals surface area contributed by atoms with E-state index in [1.807, 2.05) is 42.6 Å². The van der Waals surface area contributed by atoms with Crippen LogP contribution in [-0.2, 0) is 4.79 Å². The number of ether oxygens (including phenoxy) is 1. The van der Waals surface area contributed by atoms with Crippen molar-refractivity contribution in [2.75, 3.05) is 26.2 Å². The molecule has 0 unspecified atom stereocenters. The molecule has 156 valence electrons. The maximum atomic E-state index is 13.2. The number of benzene rings is 2. The summed E-state index contributed by atoms with van der Waals surface area (Å²) in [6, 6.07) is 11.2. The molecule has 2 aromatic carbocycles. The average Bonchev–Trinajstić information content (AvgIpc) is 2.71. The Hall–Kier alpha value is -2.77. The summed E-state index contributed by atoms with van der Waals surface area (Å²) in [7, 11) is 0. The Bertz CT molecular complexity index is 890. The van der Waals surface area contributed by atoms with Gasteiger partial charge in [-0.3, -0.25) is 9.59 Å². The van der Waals surface area contributed by atoms with Gasteiger partial charge >= 0.3 is 6.18 Å². The monoisotopic (exact) mass is 408 g/mol. The third-order valence-electron chi connectivity index (χ3n) is 5.02. The van der Waals surface area contributed by atoms with Crippen LogP contribution in [0.4, 0.5) is 13.2 Å². The summed E-state index contributed by atoms with van der Waals surface area (Å²) in [5.74, 6) is -0.837. The molecule has 1 heterocycles. The van der Waals surface area contributed by atoms with Gasteiger partial charge in [-0.15, -0.1) is 0 Å². The van der Waals surface area contributed by atoms with Gasteiger partial charge in [-0.1, -0.05) is 30.3 Å². The number of rotatable bonds is 5. The van der Waals surface area contributed by atoms with Crippen LogP contribution in [0, 0.1) is 5.92 Å². The molecule has 0 bridgehead atoms. The van der Waals surface area contributed by atoms with Crippen molar-refractivity contribution in [1.82, 2.24) is 10.2 Å². The van der Waals surface area contributed by atoms with E-state index >= 15 is 0 Å². The highest BCUT2D eigenvalue weighted by Crippen LogP contribution is 2.31. The number of fused-ring (bicyclic) bond motifs is 1. The van der Waals surface area contributed by atoms with Crippen molar-refractivity contribution in [2.45, 2.75) is 25.9 Å². The van der Waals surface area contributed by atoms with Crippen molar-refractivity contribution in [3.63, 3.8) is 0 Å². The quantitative estimate of drug-likeness (QED) is 0.820. The number of carbonyl (C=O) groups is 2. The van der Waals surface area contributed by atoms with Crippen LogP contribution in [0.2, 0.25) is 0 Å². The summed E-state index contributed by atoms with van der Waals surface area (Å²) in [5.41, 5.74) is 0.477. The molecule has 0 atom stereocenters. The Morgan fingerprint density at radius 2 is 1.83 bits per heavy atom. The van der Waals surface area contributed by atoms with Gasteiger partial charge in [0, 0.05) is 19.0 Å². The predicted octanol–water partition coefficient (Wildman–Crippen LogP) is 3.77. The maximum absolute atomic E-state index is 13.2. The van der Waals surface area contributed by atoms with E-state index in [1.165, 1.54) is 0 Å². The number of carbonyl (C=O) groups excluding carboxylic acids is 2. The van der Waals surface area contributed by atoms with Gasteiger partial charge in [0.15, 0.2) is 0 Å². The highest BCUT2D eigenvalue weighted by atomic mass is 19.4. The van der Waals surface area contributed by atoms with Crippen molar-refractivity contribution < 1.29 is 27.5 Å². The maximum Gasteiger partial charge on any atom is 0.405 e. The number of amides is 2. The number of hydrogen-bond donors (Lipinski definition) is 1. The molecule has 2 amide bonds. The van der Waals surface area contributed by atoms with Crippen LogP contribution < -0.4 is 10.1 Å². The van der Waals surface area contributed by atoms with Crippen LogP contribution in [0.15, 0.2) is 36.4 Å². The third kappa shape index (κ3) is 4.99. The number of halogens is 3. The predicted molar refractivity (Wildman–Crippen MR) is 103 cm³/mol. The molecule has 1 N–H and O–H groups in total. The van der Waals surface area contributed by atoms with E-state index in [-0.39, 0.29) is 5.91 Å². The van der Waals surface area contributed by atoms with Gasteiger partial charge in [-0.2, -0.15) is 13.2 Å². The smallest absolute Gasteiger partial charge is 0.405 e. The average molecular weight is 408 g/mol. The summed E-state index contributed by atoms with van der Waals surface area (Å²) in [6.45, 7) is 1.53. The van der Waals surface area contributed by atoms with Crippen molar-refractivity contribution >= 4 is 22.6 Å². The zero-order valence-electron chi connectivity index (χ0n) is 16.1. The number of alkyl halides is 3. The molecule has 0 saturated carbocycles. The molecule has 0 spiro atoms. The molecule has 5 nitrogen and oxygen atoms in total. The zero-order chi connectivity index (χ0) is 21.0.